The minimum Gasteiger partial charge on any atom is -0.497 e. The summed E-state index contributed by atoms with van der Waals surface area (Å²) < 4.78 is 5.12. The molecule has 1 heterocycles. The highest BCUT2D eigenvalue weighted by atomic mass is 16.5. The van der Waals surface area contributed by atoms with E-state index >= 15 is 0 Å². The van der Waals surface area contributed by atoms with Gasteiger partial charge in [-0.2, -0.15) is 0 Å². The summed E-state index contributed by atoms with van der Waals surface area (Å²) >= 11 is 0. The molecule has 1 aromatic carbocycles. The van der Waals surface area contributed by atoms with Gasteiger partial charge in [0.05, 0.1) is 13.5 Å². The number of nitrogens with one attached hydrogen (secondary N) is 2. The first-order chi connectivity index (χ1) is 9.51. The molecule has 1 aromatic rings. The fraction of sp³-hybridized carbons (Fsp3) is 0.562. The summed E-state index contributed by atoms with van der Waals surface area (Å²) in [6, 6.07) is 7.89. The first-order valence-corrected chi connectivity index (χ1v) is 7.14. The third-order valence-electron chi connectivity index (χ3n) is 3.99. The van der Waals surface area contributed by atoms with Gasteiger partial charge in [-0.1, -0.05) is 26.0 Å². The van der Waals surface area contributed by atoms with Crippen molar-refractivity contribution in [2.75, 3.05) is 20.2 Å². The molecule has 4 nitrogen and oxygen atoms in total. The van der Waals surface area contributed by atoms with Crippen molar-refractivity contribution in [3.05, 3.63) is 29.8 Å². The Morgan fingerprint density at radius 3 is 2.70 bits per heavy atom. The predicted molar refractivity (Wildman–Crippen MR) is 79.9 cm³/mol. The van der Waals surface area contributed by atoms with Crippen molar-refractivity contribution in [3.63, 3.8) is 0 Å². The molecule has 0 bridgehead atoms. The molecule has 1 unspecified atom stereocenters. The topological polar surface area (TPSA) is 50.4 Å². The van der Waals surface area contributed by atoms with Crippen molar-refractivity contribution in [2.45, 2.75) is 32.7 Å². The maximum absolute atomic E-state index is 12.2. The van der Waals surface area contributed by atoms with E-state index < -0.39 is 0 Å². The molecule has 0 aliphatic carbocycles. The molecule has 1 amide bonds. The van der Waals surface area contributed by atoms with Gasteiger partial charge in [0.25, 0.3) is 0 Å². The number of hydrogen-bond donors (Lipinski definition) is 2. The normalized spacial score (nSPS) is 21.2. The van der Waals surface area contributed by atoms with E-state index in [1.807, 2.05) is 24.3 Å². The van der Waals surface area contributed by atoms with Crippen molar-refractivity contribution in [3.8, 4) is 5.75 Å². The van der Waals surface area contributed by atoms with E-state index in [2.05, 4.69) is 24.5 Å². The predicted octanol–water partition coefficient (Wildman–Crippen LogP) is 1.74. The van der Waals surface area contributed by atoms with Gasteiger partial charge in [-0.25, -0.2) is 0 Å². The van der Waals surface area contributed by atoms with E-state index in [0.29, 0.717) is 6.42 Å². The van der Waals surface area contributed by atoms with Gasteiger partial charge in [-0.15, -0.1) is 0 Å². The van der Waals surface area contributed by atoms with Crippen molar-refractivity contribution in [2.24, 2.45) is 5.41 Å². The molecule has 1 saturated heterocycles. The summed E-state index contributed by atoms with van der Waals surface area (Å²) in [5.74, 6) is 0.906. The molecular weight excluding hydrogens is 252 g/mol. The van der Waals surface area contributed by atoms with E-state index in [9.17, 15) is 4.79 Å². The van der Waals surface area contributed by atoms with Crippen LogP contribution < -0.4 is 15.4 Å². The highest BCUT2D eigenvalue weighted by Gasteiger charge is 2.32. The molecule has 0 radical (unpaired) electrons. The summed E-state index contributed by atoms with van der Waals surface area (Å²) in [6.07, 6.45) is 1.41. The van der Waals surface area contributed by atoms with Gasteiger partial charge in [0.2, 0.25) is 5.91 Å². The van der Waals surface area contributed by atoms with Crippen LogP contribution in [0.3, 0.4) is 0 Å². The fourth-order valence-electron chi connectivity index (χ4n) is 2.61. The van der Waals surface area contributed by atoms with Crippen molar-refractivity contribution in [1.82, 2.24) is 10.6 Å². The molecule has 2 N–H and O–H groups in total. The summed E-state index contributed by atoms with van der Waals surface area (Å²) in [4.78, 5) is 12.2. The molecule has 0 aromatic heterocycles. The minimum absolute atomic E-state index is 0.0927. The third kappa shape index (κ3) is 3.73. The zero-order chi connectivity index (χ0) is 14.6. The molecule has 2 rings (SSSR count). The van der Waals surface area contributed by atoms with Gasteiger partial charge in [0.15, 0.2) is 0 Å². The third-order valence-corrected chi connectivity index (χ3v) is 3.99. The highest BCUT2D eigenvalue weighted by molar-refractivity contribution is 5.79. The monoisotopic (exact) mass is 276 g/mol. The molecule has 1 atom stereocenters. The Kier molecular flexibility index (Phi) is 4.65. The molecule has 20 heavy (non-hydrogen) atoms. The lowest BCUT2D eigenvalue weighted by molar-refractivity contribution is -0.122. The molecule has 1 aliphatic rings. The zero-order valence-corrected chi connectivity index (χ0v) is 12.5. The van der Waals surface area contributed by atoms with Gasteiger partial charge >= 0.3 is 0 Å². The summed E-state index contributed by atoms with van der Waals surface area (Å²) in [6.45, 7) is 6.30. The number of piperidine rings is 1. The molecule has 1 aliphatic heterocycles. The van der Waals surface area contributed by atoms with Crippen LogP contribution >= 0.6 is 0 Å². The average molecular weight is 276 g/mol. The minimum atomic E-state index is 0.0927. The Morgan fingerprint density at radius 1 is 1.40 bits per heavy atom. The van der Waals surface area contributed by atoms with Crippen LogP contribution in [0.25, 0.3) is 0 Å². The number of benzene rings is 1. The second-order valence-corrected chi connectivity index (χ2v) is 6.10. The number of carbonyl (C=O) groups excluding carboxylic acids is 1. The van der Waals surface area contributed by atoms with Gasteiger partial charge in [-0.05, 0) is 36.1 Å². The molecule has 0 saturated carbocycles. The van der Waals surface area contributed by atoms with Crippen LogP contribution in [0.15, 0.2) is 24.3 Å². The number of methoxy groups -OCH3 is 1. The average Bonchev–Trinajstić information content (AvgIpc) is 2.42. The number of carbonyl (C=O) groups is 1. The highest BCUT2D eigenvalue weighted by Crippen LogP contribution is 2.25. The molecule has 110 valence electrons. The second kappa shape index (κ2) is 6.27. The Bertz CT molecular complexity index is 454. The van der Waals surface area contributed by atoms with E-state index in [-0.39, 0.29) is 17.4 Å². The molecular formula is C16H24N2O2. The first-order valence-electron chi connectivity index (χ1n) is 7.14. The van der Waals surface area contributed by atoms with E-state index in [0.717, 1.165) is 30.8 Å². The lowest BCUT2D eigenvalue weighted by Crippen LogP contribution is -2.54. The van der Waals surface area contributed by atoms with Crippen molar-refractivity contribution >= 4 is 5.91 Å². The lowest BCUT2D eigenvalue weighted by Gasteiger charge is -2.39. The number of amides is 1. The second-order valence-electron chi connectivity index (χ2n) is 6.10. The summed E-state index contributed by atoms with van der Waals surface area (Å²) in [5.41, 5.74) is 1.11. The van der Waals surface area contributed by atoms with E-state index in [1.54, 1.807) is 7.11 Å². The number of ether oxygens (including phenoxy) is 1. The lowest BCUT2D eigenvalue weighted by atomic mass is 9.80. The van der Waals surface area contributed by atoms with Crippen molar-refractivity contribution < 1.29 is 9.53 Å². The standard InChI is InChI=1S/C16H24N2O2/c1-16(2)11-17-9-8-14(16)18-15(19)10-12-4-6-13(20-3)7-5-12/h4-7,14,17H,8-11H2,1-3H3,(H,18,19). The van der Waals surface area contributed by atoms with Gasteiger partial charge in [0, 0.05) is 12.6 Å². The summed E-state index contributed by atoms with van der Waals surface area (Å²) in [5, 5.41) is 6.55. The van der Waals surface area contributed by atoms with Crippen molar-refractivity contribution in [1.29, 1.82) is 0 Å². The van der Waals surface area contributed by atoms with Crippen LogP contribution in [0.5, 0.6) is 5.75 Å². The van der Waals surface area contributed by atoms with E-state index in [1.165, 1.54) is 0 Å². The molecule has 4 heteroatoms. The van der Waals surface area contributed by atoms with E-state index in [4.69, 9.17) is 4.74 Å². The molecule has 0 spiro atoms. The first kappa shape index (κ1) is 14.9. The quantitative estimate of drug-likeness (QED) is 0.881. The van der Waals surface area contributed by atoms with Gasteiger partial charge < -0.3 is 15.4 Å². The Labute approximate surface area is 120 Å². The number of hydrogen-bond acceptors (Lipinski definition) is 3. The Balaban J connectivity index is 1.91. The van der Waals surface area contributed by atoms with Crippen LogP contribution in [-0.4, -0.2) is 32.1 Å². The van der Waals surface area contributed by atoms with Crippen LogP contribution in [0, 0.1) is 5.41 Å². The van der Waals surface area contributed by atoms with Crippen LogP contribution in [-0.2, 0) is 11.2 Å². The largest absolute Gasteiger partial charge is 0.497 e. The maximum Gasteiger partial charge on any atom is 0.224 e. The van der Waals surface area contributed by atoms with Crippen LogP contribution in [0.4, 0.5) is 0 Å². The fourth-order valence-corrected chi connectivity index (χ4v) is 2.61. The smallest absolute Gasteiger partial charge is 0.224 e. The Hall–Kier alpha value is -1.55. The van der Waals surface area contributed by atoms with Gasteiger partial charge in [0.1, 0.15) is 5.75 Å². The van der Waals surface area contributed by atoms with Crippen LogP contribution in [0.1, 0.15) is 25.8 Å². The zero-order valence-electron chi connectivity index (χ0n) is 12.5. The Morgan fingerprint density at radius 2 is 2.10 bits per heavy atom. The van der Waals surface area contributed by atoms with Crippen LogP contribution in [0.2, 0.25) is 0 Å². The number of rotatable bonds is 4. The molecule has 1 fully saturated rings. The SMILES string of the molecule is COc1ccc(CC(=O)NC2CCNCC2(C)C)cc1. The maximum atomic E-state index is 12.2. The summed E-state index contributed by atoms with van der Waals surface area (Å²) in [7, 11) is 1.64. The van der Waals surface area contributed by atoms with Gasteiger partial charge in [-0.3, -0.25) is 4.79 Å².